The molecule has 0 saturated carbocycles. The molecule has 2 N–H and O–H groups in total. The number of rotatable bonds is 2. The monoisotopic (exact) mass is 277 g/mol. The van der Waals surface area contributed by atoms with Gasteiger partial charge in [-0.2, -0.15) is 0 Å². The van der Waals surface area contributed by atoms with Crippen molar-refractivity contribution in [3.05, 3.63) is 47.3 Å². The van der Waals surface area contributed by atoms with Crippen LogP contribution in [0.5, 0.6) is 0 Å². The molecule has 0 saturated heterocycles. The predicted molar refractivity (Wildman–Crippen MR) is 70.2 cm³/mol. The number of anilines is 1. The second-order valence-corrected chi connectivity index (χ2v) is 4.46. The summed E-state index contributed by atoms with van der Waals surface area (Å²) >= 11 is 5.65. The summed E-state index contributed by atoms with van der Waals surface area (Å²) < 4.78 is 15.2. The largest absolute Gasteiger partial charge is 0.382 e. The van der Waals surface area contributed by atoms with Crippen LogP contribution in [-0.2, 0) is 6.54 Å². The molecule has 0 aliphatic heterocycles. The number of halogens is 2. The van der Waals surface area contributed by atoms with E-state index in [1.807, 2.05) is 0 Å². The number of nitrogens with two attached hydrogens (primary N) is 1. The second-order valence-electron chi connectivity index (χ2n) is 4.05. The predicted octanol–water partition coefficient (Wildman–Crippen LogP) is 2.25. The minimum absolute atomic E-state index is 0.103. The quantitative estimate of drug-likeness (QED) is 0.780. The van der Waals surface area contributed by atoms with Crippen molar-refractivity contribution in [3.8, 4) is 0 Å². The van der Waals surface area contributed by atoms with Crippen LogP contribution in [0.4, 0.5) is 10.2 Å². The van der Waals surface area contributed by atoms with Gasteiger partial charge >= 0.3 is 0 Å². The number of fused-ring (bicyclic) bond motifs is 1. The maximum absolute atomic E-state index is 13.4. The number of hydrogen-bond donors (Lipinski definition) is 1. The summed E-state index contributed by atoms with van der Waals surface area (Å²) in [7, 11) is 0. The molecule has 7 heteroatoms. The summed E-state index contributed by atoms with van der Waals surface area (Å²) in [5.41, 5.74) is 7.62. The summed E-state index contributed by atoms with van der Waals surface area (Å²) in [5.74, 6) is -0.122. The molecule has 0 amide bonds. The molecule has 0 atom stereocenters. The Hall–Kier alpha value is -2.21. The molecule has 2 aromatic heterocycles. The highest BCUT2D eigenvalue weighted by Gasteiger charge is 2.09. The first kappa shape index (κ1) is 11.9. The average molecular weight is 278 g/mol. The molecule has 2 heterocycles. The van der Waals surface area contributed by atoms with E-state index < -0.39 is 5.82 Å². The molecule has 5 nitrogen and oxygen atoms in total. The van der Waals surface area contributed by atoms with E-state index in [1.165, 1.54) is 18.5 Å². The number of nitrogen functional groups attached to an aromatic ring is 1. The van der Waals surface area contributed by atoms with Crippen LogP contribution in [0.2, 0.25) is 5.02 Å². The molecule has 0 radical (unpaired) electrons. The van der Waals surface area contributed by atoms with Crippen LogP contribution in [0.25, 0.3) is 11.2 Å². The molecule has 96 valence electrons. The first-order valence-electron chi connectivity index (χ1n) is 5.50. The number of aromatic nitrogens is 4. The van der Waals surface area contributed by atoms with E-state index in [9.17, 15) is 4.39 Å². The normalized spacial score (nSPS) is 11.1. The van der Waals surface area contributed by atoms with Crippen molar-refractivity contribution in [2.75, 3.05) is 5.73 Å². The number of nitrogens with zero attached hydrogens (tertiary/aromatic N) is 4. The third kappa shape index (κ3) is 2.10. The van der Waals surface area contributed by atoms with Gasteiger partial charge in [-0.05, 0) is 17.7 Å². The van der Waals surface area contributed by atoms with Crippen LogP contribution in [0.15, 0.2) is 30.9 Å². The van der Waals surface area contributed by atoms with Crippen molar-refractivity contribution in [2.45, 2.75) is 6.54 Å². The summed E-state index contributed by atoms with van der Waals surface area (Å²) in [6.45, 7) is 0.432. The van der Waals surface area contributed by atoms with Crippen molar-refractivity contribution in [2.24, 2.45) is 0 Å². The SMILES string of the molecule is Nc1ncnc2c1ncn2Cc1ccc(Cl)c(F)c1. The van der Waals surface area contributed by atoms with Gasteiger partial charge in [-0.15, -0.1) is 0 Å². The van der Waals surface area contributed by atoms with E-state index in [-0.39, 0.29) is 5.02 Å². The highest BCUT2D eigenvalue weighted by Crippen LogP contribution is 2.19. The van der Waals surface area contributed by atoms with Gasteiger partial charge in [0.15, 0.2) is 11.5 Å². The van der Waals surface area contributed by atoms with Gasteiger partial charge in [-0.25, -0.2) is 19.3 Å². The summed E-state index contributed by atoms with van der Waals surface area (Å²) in [4.78, 5) is 12.1. The molecule has 0 bridgehead atoms. The van der Waals surface area contributed by atoms with Gasteiger partial charge in [0.05, 0.1) is 17.9 Å². The van der Waals surface area contributed by atoms with E-state index in [0.717, 1.165) is 5.56 Å². The van der Waals surface area contributed by atoms with Crippen molar-refractivity contribution >= 4 is 28.6 Å². The minimum atomic E-state index is -0.447. The Morgan fingerprint density at radius 2 is 2.11 bits per heavy atom. The minimum Gasteiger partial charge on any atom is -0.382 e. The van der Waals surface area contributed by atoms with Crippen LogP contribution in [0.3, 0.4) is 0 Å². The van der Waals surface area contributed by atoms with Gasteiger partial charge in [0, 0.05) is 0 Å². The molecule has 1 aromatic carbocycles. The molecule has 0 unspecified atom stereocenters. The van der Waals surface area contributed by atoms with Gasteiger partial charge in [0.25, 0.3) is 0 Å². The van der Waals surface area contributed by atoms with Crippen molar-refractivity contribution < 1.29 is 4.39 Å². The van der Waals surface area contributed by atoms with E-state index >= 15 is 0 Å². The van der Waals surface area contributed by atoms with E-state index in [1.54, 1.807) is 17.0 Å². The summed E-state index contributed by atoms with van der Waals surface area (Å²) in [6, 6.07) is 4.66. The molecule has 0 aliphatic carbocycles. The van der Waals surface area contributed by atoms with Gasteiger partial charge in [-0.1, -0.05) is 17.7 Å². The molecule has 0 spiro atoms. The van der Waals surface area contributed by atoms with Crippen LogP contribution in [0.1, 0.15) is 5.56 Å². The lowest BCUT2D eigenvalue weighted by atomic mass is 10.2. The lowest BCUT2D eigenvalue weighted by Crippen LogP contribution is -2.01. The number of benzene rings is 1. The smallest absolute Gasteiger partial charge is 0.165 e. The molecular formula is C12H9ClFN5. The highest BCUT2D eigenvalue weighted by molar-refractivity contribution is 6.30. The molecule has 0 aliphatic rings. The Morgan fingerprint density at radius 1 is 1.26 bits per heavy atom. The van der Waals surface area contributed by atoms with Gasteiger partial charge in [0.1, 0.15) is 17.7 Å². The third-order valence-electron chi connectivity index (χ3n) is 2.77. The van der Waals surface area contributed by atoms with Crippen LogP contribution >= 0.6 is 11.6 Å². The lowest BCUT2D eigenvalue weighted by molar-refractivity contribution is 0.624. The molecule has 3 aromatic rings. The fourth-order valence-electron chi connectivity index (χ4n) is 1.85. The maximum atomic E-state index is 13.4. The standard InChI is InChI=1S/C12H9ClFN5/c13-8-2-1-7(3-9(8)14)4-19-6-18-10-11(15)16-5-17-12(10)19/h1-3,5-6H,4H2,(H2,15,16,17). The van der Waals surface area contributed by atoms with Crippen LogP contribution in [0, 0.1) is 5.82 Å². The zero-order chi connectivity index (χ0) is 13.4. The zero-order valence-electron chi connectivity index (χ0n) is 9.72. The van der Waals surface area contributed by atoms with Crippen molar-refractivity contribution in [3.63, 3.8) is 0 Å². The summed E-state index contributed by atoms with van der Waals surface area (Å²) in [5, 5.41) is 0.103. The molecule has 19 heavy (non-hydrogen) atoms. The Labute approximate surface area is 112 Å². The molecule has 0 fully saturated rings. The first-order chi connectivity index (χ1) is 9.15. The number of imidazole rings is 1. The molecule has 3 rings (SSSR count). The fourth-order valence-corrected chi connectivity index (χ4v) is 1.97. The second kappa shape index (κ2) is 4.47. The number of hydrogen-bond acceptors (Lipinski definition) is 4. The Balaban J connectivity index is 2.01. The van der Waals surface area contributed by atoms with Crippen molar-refractivity contribution in [1.82, 2.24) is 19.5 Å². The van der Waals surface area contributed by atoms with E-state index in [4.69, 9.17) is 17.3 Å². The highest BCUT2D eigenvalue weighted by atomic mass is 35.5. The van der Waals surface area contributed by atoms with Gasteiger partial charge in [0.2, 0.25) is 0 Å². The zero-order valence-corrected chi connectivity index (χ0v) is 10.5. The van der Waals surface area contributed by atoms with Crippen molar-refractivity contribution in [1.29, 1.82) is 0 Å². The average Bonchev–Trinajstić information content (AvgIpc) is 2.79. The first-order valence-corrected chi connectivity index (χ1v) is 5.88. The fraction of sp³-hybridized carbons (Fsp3) is 0.0833. The van der Waals surface area contributed by atoms with Gasteiger partial charge in [-0.3, -0.25) is 0 Å². The molecular weight excluding hydrogens is 269 g/mol. The Kier molecular flexibility index (Phi) is 2.79. The van der Waals surface area contributed by atoms with Crippen LogP contribution in [-0.4, -0.2) is 19.5 Å². The lowest BCUT2D eigenvalue weighted by Gasteiger charge is -2.05. The Morgan fingerprint density at radius 3 is 2.89 bits per heavy atom. The maximum Gasteiger partial charge on any atom is 0.165 e. The Bertz CT molecular complexity index is 755. The van der Waals surface area contributed by atoms with Gasteiger partial charge < -0.3 is 10.3 Å². The topological polar surface area (TPSA) is 69.6 Å². The summed E-state index contributed by atoms with van der Waals surface area (Å²) in [6.07, 6.45) is 2.97. The third-order valence-corrected chi connectivity index (χ3v) is 3.07. The van der Waals surface area contributed by atoms with Crippen LogP contribution < -0.4 is 5.73 Å². The van der Waals surface area contributed by atoms with E-state index in [2.05, 4.69) is 15.0 Å². The van der Waals surface area contributed by atoms with E-state index in [0.29, 0.717) is 23.5 Å².